The zero-order valence-electron chi connectivity index (χ0n) is 10.7. The summed E-state index contributed by atoms with van der Waals surface area (Å²) in [6, 6.07) is 5.82. The Morgan fingerprint density at radius 1 is 1.44 bits per heavy atom. The highest BCUT2D eigenvalue weighted by Gasteiger charge is 2.20. The summed E-state index contributed by atoms with van der Waals surface area (Å²) in [5, 5.41) is 0. The van der Waals surface area contributed by atoms with E-state index in [1.807, 2.05) is 18.2 Å². The standard InChI is InChI=1S/C14H19N2O2/c1-18-14-12(3-2-4-13(14)15)9-16-7-5-11(10-17)6-8-16/h2-4,11H,5-9,15H2,1H3. The van der Waals surface area contributed by atoms with Crippen molar-refractivity contribution in [1.29, 1.82) is 0 Å². The molecule has 0 aromatic heterocycles. The molecule has 4 nitrogen and oxygen atoms in total. The first-order valence-electron chi connectivity index (χ1n) is 6.26. The van der Waals surface area contributed by atoms with Gasteiger partial charge in [-0.2, -0.15) is 0 Å². The van der Waals surface area contributed by atoms with Gasteiger partial charge in [0.1, 0.15) is 5.75 Å². The molecule has 1 fully saturated rings. The molecular formula is C14H19N2O2. The summed E-state index contributed by atoms with van der Waals surface area (Å²) in [7, 11) is 1.64. The Morgan fingerprint density at radius 3 is 2.78 bits per heavy atom. The molecule has 1 aliphatic heterocycles. The summed E-state index contributed by atoms with van der Waals surface area (Å²) in [4.78, 5) is 12.9. The maximum Gasteiger partial charge on any atom is 0.201 e. The molecule has 1 radical (unpaired) electrons. The van der Waals surface area contributed by atoms with Crippen molar-refractivity contribution in [3.8, 4) is 5.75 Å². The van der Waals surface area contributed by atoms with Gasteiger partial charge in [-0.05, 0) is 32.0 Å². The van der Waals surface area contributed by atoms with E-state index in [0.29, 0.717) is 5.69 Å². The van der Waals surface area contributed by atoms with Crippen LogP contribution in [-0.4, -0.2) is 31.4 Å². The van der Waals surface area contributed by atoms with Gasteiger partial charge in [-0.15, -0.1) is 0 Å². The third-order valence-electron chi connectivity index (χ3n) is 3.48. The quantitative estimate of drug-likeness (QED) is 0.821. The molecular weight excluding hydrogens is 228 g/mol. The molecule has 18 heavy (non-hydrogen) atoms. The Kier molecular flexibility index (Phi) is 4.20. The second kappa shape index (κ2) is 5.87. The molecule has 1 aromatic carbocycles. The highest BCUT2D eigenvalue weighted by molar-refractivity contribution is 5.57. The number of nitrogen functional groups attached to an aromatic ring is 1. The maximum absolute atomic E-state index is 10.6. The molecule has 0 aliphatic carbocycles. The van der Waals surface area contributed by atoms with Crippen LogP contribution in [0.25, 0.3) is 0 Å². The lowest BCUT2D eigenvalue weighted by Crippen LogP contribution is -2.33. The predicted octanol–water partition coefficient (Wildman–Crippen LogP) is 1.60. The zero-order chi connectivity index (χ0) is 13.0. The SMILES string of the molecule is COc1c(N)cccc1CN1CCC([C]=O)CC1. The van der Waals surface area contributed by atoms with Crippen molar-refractivity contribution in [3.05, 3.63) is 23.8 Å². The van der Waals surface area contributed by atoms with Crippen LogP contribution in [0.4, 0.5) is 5.69 Å². The molecule has 0 saturated carbocycles. The molecule has 2 N–H and O–H groups in total. The molecule has 0 atom stereocenters. The number of ether oxygens (including phenoxy) is 1. The van der Waals surface area contributed by atoms with Gasteiger partial charge >= 0.3 is 0 Å². The lowest BCUT2D eigenvalue weighted by atomic mass is 9.98. The second-order valence-electron chi connectivity index (χ2n) is 4.71. The van der Waals surface area contributed by atoms with Crippen LogP contribution in [0.3, 0.4) is 0 Å². The molecule has 0 spiro atoms. The monoisotopic (exact) mass is 247 g/mol. The smallest absolute Gasteiger partial charge is 0.201 e. The first-order valence-corrected chi connectivity index (χ1v) is 6.26. The van der Waals surface area contributed by atoms with Gasteiger partial charge in [0.05, 0.1) is 12.8 Å². The Hall–Kier alpha value is -1.55. The summed E-state index contributed by atoms with van der Waals surface area (Å²) < 4.78 is 5.35. The van der Waals surface area contributed by atoms with Crippen molar-refractivity contribution in [2.75, 3.05) is 25.9 Å². The maximum atomic E-state index is 10.6. The minimum absolute atomic E-state index is 0.115. The molecule has 4 heteroatoms. The van der Waals surface area contributed by atoms with Gasteiger partial charge in [0.25, 0.3) is 0 Å². The molecule has 1 aliphatic rings. The topological polar surface area (TPSA) is 55.6 Å². The van der Waals surface area contributed by atoms with Crippen LogP contribution in [0.15, 0.2) is 18.2 Å². The van der Waals surface area contributed by atoms with Crippen LogP contribution in [0.1, 0.15) is 18.4 Å². The van der Waals surface area contributed by atoms with Gasteiger partial charge < -0.3 is 10.5 Å². The number of anilines is 1. The van der Waals surface area contributed by atoms with Gasteiger partial charge in [-0.3, -0.25) is 9.69 Å². The van der Waals surface area contributed by atoms with Crippen molar-refractivity contribution >= 4 is 12.0 Å². The largest absolute Gasteiger partial charge is 0.494 e. The number of piperidine rings is 1. The molecule has 1 heterocycles. The van der Waals surface area contributed by atoms with E-state index >= 15 is 0 Å². The Labute approximate surface area is 108 Å². The summed E-state index contributed by atoms with van der Waals surface area (Å²) >= 11 is 0. The van der Waals surface area contributed by atoms with E-state index < -0.39 is 0 Å². The van der Waals surface area contributed by atoms with E-state index in [2.05, 4.69) is 11.2 Å². The normalized spacial score (nSPS) is 17.6. The van der Waals surface area contributed by atoms with E-state index in [4.69, 9.17) is 10.5 Å². The first kappa shape index (κ1) is 12.9. The van der Waals surface area contributed by atoms with Crippen molar-refractivity contribution < 1.29 is 9.53 Å². The summed E-state index contributed by atoms with van der Waals surface area (Å²) in [6.07, 6.45) is 3.89. The zero-order valence-corrected chi connectivity index (χ0v) is 10.7. The average molecular weight is 247 g/mol. The van der Waals surface area contributed by atoms with Gasteiger partial charge in [0.2, 0.25) is 6.29 Å². The van der Waals surface area contributed by atoms with E-state index in [9.17, 15) is 4.79 Å². The summed E-state index contributed by atoms with van der Waals surface area (Å²) in [6.45, 7) is 2.68. The van der Waals surface area contributed by atoms with Gasteiger partial charge in [0.15, 0.2) is 0 Å². The molecule has 0 unspecified atom stereocenters. The third kappa shape index (κ3) is 2.82. The molecule has 1 saturated heterocycles. The van der Waals surface area contributed by atoms with Crippen LogP contribution in [0.5, 0.6) is 5.75 Å². The fourth-order valence-electron chi connectivity index (χ4n) is 2.43. The van der Waals surface area contributed by atoms with Crippen molar-refractivity contribution in [2.45, 2.75) is 19.4 Å². The third-order valence-corrected chi connectivity index (χ3v) is 3.48. The van der Waals surface area contributed by atoms with Gasteiger partial charge in [-0.1, -0.05) is 12.1 Å². The molecule has 0 amide bonds. The Morgan fingerprint density at radius 2 is 2.17 bits per heavy atom. The number of hydrogen-bond donors (Lipinski definition) is 1. The highest BCUT2D eigenvalue weighted by atomic mass is 16.5. The number of likely N-dealkylation sites (tertiary alicyclic amines) is 1. The van der Waals surface area contributed by atoms with E-state index in [0.717, 1.165) is 43.8 Å². The molecule has 1 aromatic rings. The van der Waals surface area contributed by atoms with E-state index in [1.54, 1.807) is 7.11 Å². The van der Waals surface area contributed by atoms with Crippen LogP contribution in [0.2, 0.25) is 0 Å². The molecule has 0 bridgehead atoms. The van der Waals surface area contributed by atoms with Crippen LogP contribution >= 0.6 is 0 Å². The number of para-hydroxylation sites is 1. The number of carbonyl (C=O) groups excluding carboxylic acids is 1. The highest BCUT2D eigenvalue weighted by Crippen LogP contribution is 2.28. The minimum atomic E-state index is 0.115. The second-order valence-corrected chi connectivity index (χ2v) is 4.71. The van der Waals surface area contributed by atoms with Crippen LogP contribution < -0.4 is 10.5 Å². The predicted molar refractivity (Wildman–Crippen MR) is 71.1 cm³/mol. The number of benzene rings is 1. The Balaban J connectivity index is 2.02. The van der Waals surface area contributed by atoms with Crippen LogP contribution in [-0.2, 0) is 11.3 Å². The fraction of sp³-hybridized carbons (Fsp3) is 0.500. The fourth-order valence-corrected chi connectivity index (χ4v) is 2.43. The average Bonchev–Trinajstić information content (AvgIpc) is 2.40. The molecule has 97 valence electrons. The molecule has 2 rings (SSSR count). The number of nitrogens with zero attached hydrogens (tertiary/aromatic N) is 1. The van der Waals surface area contributed by atoms with Gasteiger partial charge in [0, 0.05) is 18.0 Å². The van der Waals surface area contributed by atoms with E-state index in [1.165, 1.54) is 0 Å². The number of rotatable bonds is 4. The lowest BCUT2D eigenvalue weighted by molar-refractivity contribution is 0.198. The Bertz CT molecular complexity index is 412. The number of nitrogens with two attached hydrogens (primary N) is 1. The number of methoxy groups -OCH3 is 1. The first-order chi connectivity index (χ1) is 8.74. The van der Waals surface area contributed by atoms with Gasteiger partial charge in [-0.25, -0.2) is 0 Å². The lowest BCUT2D eigenvalue weighted by Gasteiger charge is -2.29. The van der Waals surface area contributed by atoms with Crippen LogP contribution in [0, 0.1) is 5.92 Å². The number of hydrogen-bond acceptors (Lipinski definition) is 4. The van der Waals surface area contributed by atoms with Crippen molar-refractivity contribution in [2.24, 2.45) is 5.92 Å². The minimum Gasteiger partial charge on any atom is -0.494 e. The van der Waals surface area contributed by atoms with E-state index in [-0.39, 0.29) is 5.92 Å². The van der Waals surface area contributed by atoms with Crippen molar-refractivity contribution in [3.63, 3.8) is 0 Å². The van der Waals surface area contributed by atoms with Crippen molar-refractivity contribution in [1.82, 2.24) is 4.90 Å². The summed E-state index contributed by atoms with van der Waals surface area (Å²) in [5.41, 5.74) is 7.66. The summed E-state index contributed by atoms with van der Waals surface area (Å²) in [5.74, 6) is 0.880.